The number of carbonyl (C=O) groups excluding carboxylic acids is 3. The highest BCUT2D eigenvalue weighted by Crippen LogP contribution is 2.54. The van der Waals surface area contributed by atoms with Crippen LogP contribution in [0.25, 0.3) is 0 Å². The Kier molecular flexibility index (Phi) is 7.55. The number of nitrogens with zero attached hydrogens (tertiary/aromatic N) is 3. The fraction of sp³-hybridized carbons (Fsp3) is 0.438. The molecule has 0 saturated carbocycles. The molecule has 0 aliphatic carbocycles. The number of aromatic nitrogens is 1. The van der Waals surface area contributed by atoms with Crippen molar-refractivity contribution in [2.75, 3.05) is 25.1 Å². The average molecular weight is 606 g/mol. The van der Waals surface area contributed by atoms with Gasteiger partial charge in [0.05, 0.1) is 23.7 Å². The fourth-order valence-corrected chi connectivity index (χ4v) is 8.94. The molecule has 4 heterocycles. The number of methoxy groups -OCH3 is 1. The average Bonchev–Trinajstić information content (AvgIpc) is 3.43. The van der Waals surface area contributed by atoms with Crippen molar-refractivity contribution in [2.45, 2.75) is 68.2 Å². The Hall–Kier alpha value is -3.37. The van der Waals surface area contributed by atoms with Crippen LogP contribution in [0.15, 0.2) is 58.4 Å². The van der Waals surface area contributed by atoms with E-state index in [1.165, 1.54) is 21.2 Å². The van der Waals surface area contributed by atoms with E-state index in [4.69, 9.17) is 4.74 Å². The molecule has 3 aromatic rings. The van der Waals surface area contributed by atoms with E-state index in [9.17, 15) is 19.2 Å². The lowest BCUT2D eigenvalue weighted by molar-refractivity contribution is -0.133. The molecule has 2 fully saturated rings. The Morgan fingerprint density at radius 2 is 1.60 bits per heavy atom. The van der Waals surface area contributed by atoms with Crippen LogP contribution < -0.4 is 14.5 Å². The Labute approximate surface area is 253 Å². The molecule has 0 bridgehead atoms. The molecule has 3 atom stereocenters. The molecule has 0 radical (unpaired) electrons. The number of carbonyl (C=O) groups is 3. The number of amides is 3. The van der Waals surface area contributed by atoms with Gasteiger partial charge in [-0.15, -0.1) is 0 Å². The Balaban J connectivity index is 1.43. The predicted octanol–water partition coefficient (Wildman–Crippen LogP) is 5.02. The summed E-state index contributed by atoms with van der Waals surface area (Å²) in [6.07, 6.45) is 3.03. The Morgan fingerprint density at radius 3 is 2.21 bits per heavy atom. The maximum atomic E-state index is 14.1. The molecular formula is C32H35N3O5S2. The number of rotatable bonds is 5. The summed E-state index contributed by atoms with van der Waals surface area (Å²) in [5, 5.41) is -0.0935. The van der Waals surface area contributed by atoms with Gasteiger partial charge in [-0.25, -0.2) is 4.90 Å². The van der Waals surface area contributed by atoms with Gasteiger partial charge in [0.25, 0.3) is 0 Å². The van der Waals surface area contributed by atoms with E-state index in [0.29, 0.717) is 29.6 Å². The third kappa shape index (κ3) is 4.98. The zero-order valence-corrected chi connectivity index (χ0v) is 25.9. The van der Waals surface area contributed by atoms with E-state index in [1.807, 2.05) is 17.0 Å². The largest absolute Gasteiger partial charge is 0.497 e. The second-order valence-corrected chi connectivity index (χ2v) is 14.3. The molecule has 220 valence electrons. The topological polar surface area (TPSA) is 88.9 Å². The first-order valence-electron chi connectivity index (χ1n) is 14.4. The molecule has 3 amide bonds. The summed E-state index contributed by atoms with van der Waals surface area (Å²) in [6.45, 7) is 7.77. The van der Waals surface area contributed by atoms with Crippen LogP contribution in [0, 0.1) is 5.92 Å². The van der Waals surface area contributed by atoms with E-state index in [-0.39, 0.29) is 34.6 Å². The molecule has 3 aliphatic rings. The number of ether oxygens (including phenoxy) is 1. The molecule has 10 heteroatoms. The molecule has 2 saturated heterocycles. The van der Waals surface area contributed by atoms with Gasteiger partial charge in [-0.2, -0.15) is 0 Å². The number of piperidine rings is 1. The van der Waals surface area contributed by atoms with Gasteiger partial charge >= 0.3 is 4.87 Å². The molecular weight excluding hydrogens is 571 g/mol. The normalized spacial score (nSPS) is 22.2. The molecule has 8 nitrogen and oxygen atoms in total. The Bertz CT molecular complexity index is 1580. The smallest absolute Gasteiger partial charge is 0.308 e. The summed E-state index contributed by atoms with van der Waals surface area (Å²) in [6, 6.07) is 15.1. The van der Waals surface area contributed by atoms with Crippen molar-refractivity contribution in [1.82, 2.24) is 9.47 Å². The van der Waals surface area contributed by atoms with Crippen molar-refractivity contribution in [3.05, 3.63) is 74.2 Å². The number of likely N-dealkylation sites (tertiary alicyclic amines) is 1. The lowest BCUT2D eigenvalue weighted by Crippen LogP contribution is -2.39. The highest BCUT2D eigenvalue weighted by Gasteiger charge is 2.56. The minimum Gasteiger partial charge on any atom is -0.497 e. The van der Waals surface area contributed by atoms with Gasteiger partial charge in [-0.3, -0.25) is 23.7 Å². The quantitative estimate of drug-likeness (QED) is 0.380. The van der Waals surface area contributed by atoms with Crippen LogP contribution >= 0.6 is 23.1 Å². The molecule has 0 spiro atoms. The van der Waals surface area contributed by atoms with Gasteiger partial charge in [0.2, 0.25) is 17.7 Å². The van der Waals surface area contributed by atoms with E-state index in [1.54, 1.807) is 31.4 Å². The van der Waals surface area contributed by atoms with Gasteiger partial charge in [0, 0.05) is 23.9 Å². The van der Waals surface area contributed by atoms with Crippen molar-refractivity contribution in [2.24, 2.45) is 5.92 Å². The van der Waals surface area contributed by atoms with Gasteiger partial charge in [-0.1, -0.05) is 68.1 Å². The third-order valence-electron chi connectivity index (χ3n) is 8.52. The van der Waals surface area contributed by atoms with E-state index in [0.717, 1.165) is 46.6 Å². The van der Waals surface area contributed by atoms with E-state index < -0.39 is 17.1 Å². The predicted molar refractivity (Wildman–Crippen MR) is 165 cm³/mol. The summed E-state index contributed by atoms with van der Waals surface area (Å²) in [5.41, 5.74) is 2.47. The van der Waals surface area contributed by atoms with Crippen LogP contribution in [-0.4, -0.2) is 52.6 Å². The van der Waals surface area contributed by atoms with Gasteiger partial charge in [0.1, 0.15) is 17.5 Å². The highest BCUT2D eigenvalue weighted by atomic mass is 32.2. The number of anilines is 1. The summed E-state index contributed by atoms with van der Waals surface area (Å²) in [7, 11) is 1.57. The molecule has 42 heavy (non-hydrogen) atoms. The molecule has 6 rings (SSSR count). The van der Waals surface area contributed by atoms with E-state index >= 15 is 0 Å². The first-order valence-corrected chi connectivity index (χ1v) is 16.1. The summed E-state index contributed by atoms with van der Waals surface area (Å²) >= 11 is 2.34. The van der Waals surface area contributed by atoms with Gasteiger partial charge < -0.3 is 9.64 Å². The summed E-state index contributed by atoms with van der Waals surface area (Å²) in [5.74, 6) is -1.21. The van der Waals surface area contributed by atoms with Crippen molar-refractivity contribution in [1.29, 1.82) is 0 Å². The maximum Gasteiger partial charge on any atom is 0.308 e. The molecule has 3 unspecified atom stereocenters. The number of benzene rings is 2. The zero-order valence-electron chi connectivity index (χ0n) is 24.3. The number of fused-ring (bicyclic) bond motifs is 2. The minimum absolute atomic E-state index is 0.0537. The first kappa shape index (κ1) is 28.7. The molecule has 3 aliphatic heterocycles. The molecule has 0 N–H and O–H groups in total. The highest BCUT2D eigenvalue weighted by molar-refractivity contribution is 8.00. The summed E-state index contributed by atoms with van der Waals surface area (Å²) in [4.78, 5) is 58.4. The fourth-order valence-electron chi connectivity index (χ4n) is 6.17. The first-order chi connectivity index (χ1) is 20.1. The van der Waals surface area contributed by atoms with Crippen LogP contribution in [0.3, 0.4) is 0 Å². The number of thioether (sulfide) groups is 1. The number of imide groups is 1. The molecule has 2 aromatic carbocycles. The van der Waals surface area contributed by atoms with Crippen molar-refractivity contribution in [3.8, 4) is 5.75 Å². The van der Waals surface area contributed by atoms with Crippen LogP contribution in [0.1, 0.15) is 62.0 Å². The number of hydrogen-bond donors (Lipinski definition) is 0. The van der Waals surface area contributed by atoms with Gasteiger partial charge in [-0.05, 0) is 60.1 Å². The minimum atomic E-state index is -0.718. The maximum absolute atomic E-state index is 14.1. The standard InChI is InChI=1S/C32H35N3O5S2/c1-32(2,3)20-10-8-19(9-11-20)24-25-26(29(38)35(28(25)37)21-12-14-22(40-4)15-13-21)41-30-27(24)42-31(39)34(30)18-23(36)33-16-6-5-7-17-33/h8-15,24-26H,5-7,16-18H2,1-4H3. The van der Waals surface area contributed by atoms with Crippen LogP contribution in [0.4, 0.5) is 5.69 Å². The third-order valence-corrected chi connectivity index (χ3v) is 11.1. The van der Waals surface area contributed by atoms with Crippen LogP contribution in [0.5, 0.6) is 5.75 Å². The van der Waals surface area contributed by atoms with Crippen molar-refractivity contribution < 1.29 is 19.1 Å². The van der Waals surface area contributed by atoms with Crippen LogP contribution in [-0.2, 0) is 26.3 Å². The second kappa shape index (κ2) is 11.0. The number of thiazole rings is 1. The monoisotopic (exact) mass is 605 g/mol. The van der Waals surface area contributed by atoms with Crippen LogP contribution in [0.2, 0.25) is 0 Å². The SMILES string of the molecule is COc1ccc(N2C(=O)C3Sc4c(sc(=O)n4CC(=O)N4CCCCC4)C(c4ccc(C(C)(C)C)cc4)C3C2=O)cc1. The van der Waals surface area contributed by atoms with Crippen molar-refractivity contribution >= 4 is 46.5 Å². The Morgan fingerprint density at radius 1 is 0.929 bits per heavy atom. The summed E-state index contributed by atoms with van der Waals surface area (Å²) < 4.78 is 6.80. The molecule has 1 aromatic heterocycles. The lowest BCUT2D eigenvalue weighted by atomic mass is 9.81. The van der Waals surface area contributed by atoms with E-state index in [2.05, 4.69) is 32.9 Å². The van der Waals surface area contributed by atoms with Crippen molar-refractivity contribution in [3.63, 3.8) is 0 Å². The lowest BCUT2D eigenvalue weighted by Gasteiger charge is -2.31. The zero-order chi connectivity index (χ0) is 29.8. The number of hydrogen-bond acceptors (Lipinski definition) is 7. The van der Waals surface area contributed by atoms with Gasteiger partial charge in [0.15, 0.2) is 0 Å². The second-order valence-electron chi connectivity index (χ2n) is 12.2.